The second-order valence-corrected chi connectivity index (χ2v) is 7.06. The number of hydrogen-bond donors (Lipinski definition) is 2. The molecule has 0 atom stereocenters. The maximum Gasteiger partial charge on any atom is 0.315 e. The van der Waals surface area contributed by atoms with Gasteiger partial charge in [-0.3, -0.25) is 14.9 Å². The molecule has 0 radical (unpaired) electrons. The number of carbonyl (C=O) groups excluding carboxylic acids is 1. The summed E-state index contributed by atoms with van der Waals surface area (Å²) in [5.74, 6) is -0.133. The molecule has 29 heavy (non-hydrogen) atoms. The molecule has 1 heterocycles. The molecule has 0 bridgehead atoms. The minimum Gasteiger partial charge on any atom is -0.502 e. The van der Waals surface area contributed by atoms with Crippen LogP contribution in [0, 0.1) is 17.0 Å². The molecule has 0 unspecified atom stereocenters. The van der Waals surface area contributed by atoms with Gasteiger partial charge in [0.25, 0.3) is 5.91 Å². The maximum absolute atomic E-state index is 12.2. The van der Waals surface area contributed by atoms with E-state index in [0.717, 1.165) is 42.6 Å². The zero-order valence-electron chi connectivity index (χ0n) is 15.8. The van der Waals surface area contributed by atoms with Crippen molar-refractivity contribution in [2.24, 2.45) is 5.10 Å². The Kier molecular flexibility index (Phi) is 4.75. The quantitative estimate of drug-likeness (QED) is 0.395. The van der Waals surface area contributed by atoms with Crippen LogP contribution in [0.2, 0.25) is 0 Å². The highest BCUT2D eigenvalue weighted by Crippen LogP contribution is 2.41. The molecule has 1 aromatic heterocycles. The van der Waals surface area contributed by atoms with Crippen molar-refractivity contribution in [2.45, 2.75) is 32.6 Å². The van der Waals surface area contributed by atoms with E-state index in [-0.39, 0.29) is 5.56 Å². The summed E-state index contributed by atoms with van der Waals surface area (Å²) in [7, 11) is 0. The fraction of sp³-hybridized carbons (Fsp3) is 0.238. The number of fused-ring (bicyclic) bond motifs is 3. The van der Waals surface area contributed by atoms with Gasteiger partial charge in [0.1, 0.15) is 11.3 Å². The number of rotatable bonds is 4. The number of nitrogens with one attached hydrogen (secondary N) is 1. The fourth-order valence-electron chi connectivity index (χ4n) is 3.62. The Hall–Kier alpha value is -3.68. The van der Waals surface area contributed by atoms with Gasteiger partial charge in [0, 0.05) is 22.9 Å². The second-order valence-electron chi connectivity index (χ2n) is 7.06. The van der Waals surface area contributed by atoms with E-state index in [4.69, 9.17) is 4.42 Å². The Morgan fingerprint density at radius 1 is 1.28 bits per heavy atom. The summed E-state index contributed by atoms with van der Waals surface area (Å²) in [4.78, 5) is 22.9. The van der Waals surface area contributed by atoms with Crippen LogP contribution in [0.25, 0.3) is 11.0 Å². The van der Waals surface area contributed by atoms with Gasteiger partial charge in [-0.1, -0.05) is 17.7 Å². The number of hydrogen-bond acceptors (Lipinski definition) is 6. The van der Waals surface area contributed by atoms with Crippen molar-refractivity contribution in [3.05, 3.63) is 68.5 Å². The van der Waals surface area contributed by atoms with Crippen molar-refractivity contribution in [1.29, 1.82) is 0 Å². The van der Waals surface area contributed by atoms with Crippen LogP contribution in [-0.2, 0) is 12.8 Å². The number of benzene rings is 2. The molecule has 0 saturated carbocycles. The fourth-order valence-corrected chi connectivity index (χ4v) is 3.62. The topological polar surface area (TPSA) is 118 Å². The highest BCUT2D eigenvalue weighted by Gasteiger charge is 2.27. The normalized spacial score (nSPS) is 13.6. The van der Waals surface area contributed by atoms with Gasteiger partial charge < -0.3 is 9.52 Å². The molecule has 4 rings (SSSR count). The van der Waals surface area contributed by atoms with Crippen LogP contribution in [0.3, 0.4) is 0 Å². The van der Waals surface area contributed by atoms with Gasteiger partial charge >= 0.3 is 5.69 Å². The molecule has 2 N–H and O–H groups in total. The lowest BCUT2D eigenvalue weighted by Gasteiger charge is -2.10. The van der Waals surface area contributed by atoms with Crippen LogP contribution in [0.4, 0.5) is 5.69 Å². The van der Waals surface area contributed by atoms with E-state index in [1.807, 2.05) is 19.1 Å². The first-order valence-corrected chi connectivity index (χ1v) is 9.30. The number of phenolic OH excluding ortho intramolecular Hbond substituents is 1. The summed E-state index contributed by atoms with van der Waals surface area (Å²) < 4.78 is 5.82. The Balaban J connectivity index is 1.73. The van der Waals surface area contributed by atoms with Crippen molar-refractivity contribution >= 4 is 28.8 Å². The molecule has 1 amide bonds. The molecule has 0 aliphatic heterocycles. The number of phenols is 1. The first kappa shape index (κ1) is 18.7. The first-order valence-electron chi connectivity index (χ1n) is 9.30. The Morgan fingerprint density at radius 2 is 2.00 bits per heavy atom. The summed E-state index contributed by atoms with van der Waals surface area (Å²) >= 11 is 0. The molecule has 0 saturated heterocycles. The molecule has 8 nitrogen and oxygen atoms in total. The number of nitrogens with zero attached hydrogens (tertiary/aromatic N) is 2. The third-order valence-corrected chi connectivity index (χ3v) is 5.10. The van der Waals surface area contributed by atoms with Gasteiger partial charge in [-0.15, -0.1) is 0 Å². The summed E-state index contributed by atoms with van der Waals surface area (Å²) in [5.41, 5.74) is 4.84. The third-order valence-electron chi connectivity index (χ3n) is 5.10. The highest BCUT2D eigenvalue weighted by atomic mass is 16.6. The average Bonchev–Trinajstić information content (AvgIpc) is 3.08. The van der Waals surface area contributed by atoms with Crippen LogP contribution in [-0.4, -0.2) is 22.2 Å². The van der Waals surface area contributed by atoms with Gasteiger partial charge in [0.2, 0.25) is 5.75 Å². The number of nitro benzene ring substituents is 1. The van der Waals surface area contributed by atoms with Gasteiger partial charge in [0.15, 0.2) is 0 Å². The molecule has 0 spiro atoms. The molecular formula is C21H19N3O5. The van der Waals surface area contributed by atoms with Crippen LogP contribution >= 0.6 is 0 Å². The summed E-state index contributed by atoms with van der Waals surface area (Å²) in [6.07, 6.45) is 4.70. The molecule has 2 aromatic carbocycles. The molecule has 1 aliphatic carbocycles. The van der Waals surface area contributed by atoms with Gasteiger partial charge in [-0.2, -0.15) is 5.10 Å². The zero-order valence-corrected chi connectivity index (χ0v) is 15.8. The molecule has 1 aliphatic rings. The predicted octanol–water partition coefficient (Wildman–Crippen LogP) is 4.00. The monoisotopic (exact) mass is 393 g/mol. The summed E-state index contributed by atoms with van der Waals surface area (Å²) in [6.45, 7) is 1.92. The number of carbonyl (C=O) groups is 1. The van der Waals surface area contributed by atoms with Crippen LogP contribution in [0.1, 0.15) is 45.7 Å². The van der Waals surface area contributed by atoms with Crippen molar-refractivity contribution in [1.82, 2.24) is 5.43 Å². The largest absolute Gasteiger partial charge is 0.502 e. The average molecular weight is 393 g/mol. The Morgan fingerprint density at radius 3 is 2.72 bits per heavy atom. The number of amides is 1. The number of hydrazone groups is 1. The lowest BCUT2D eigenvalue weighted by molar-refractivity contribution is -0.385. The molecule has 3 aromatic rings. The van der Waals surface area contributed by atoms with Crippen molar-refractivity contribution in [3.8, 4) is 5.75 Å². The van der Waals surface area contributed by atoms with Crippen molar-refractivity contribution < 1.29 is 19.2 Å². The van der Waals surface area contributed by atoms with E-state index in [1.165, 1.54) is 12.3 Å². The number of nitro groups is 1. The van der Waals surface area contributed by atoms with Gasteiger partial charge in [-0.25, -0.2) is 5.43 Å². The van der Waals surface area contributed by atoms with Crippen LogP contribution in [0.5, 0.6) is 5.75 Å². The molecule has 8 heteroatoms. The van der Waals surface area contributed by atoms with Gasteiger partial charge in [0.05, 0.1) is 22.8 Å². The number of aromatic hydroxyl groups is 1. The van der Waals surface area contributed by atoms with Crippen molar-refractivity contribution in [2.75, 3.05) is 0 Å². The van der Waals surface area contributed by atoms with E-state index in [2.05, 4.69) is 10.5 Å². The lowest BCUT2D eigenvalue weighted by Crippen LogP contribution is -2.17. The molecule has 0 fully saturated rings. The Bertz CT molecular complexity index is 1150. The van der Waals surface area contributed by atoms with Gasteiger partial charge in [-0.05, 0) is 38.3 Å². The number of furan rings is 1. The second kappa shape index (κ2) is 7.38. The number of aryl methyl sites for hydroxylation is 3. The minimum atomic E-state index is -0.668. The maximum atomic E-state index is 12.2. The molecular weight excluding hydrogens is 374 g/mol. The van der Waals surface area contributed by atoms with Crippen molar-refractivity contribution in [3.63, 3.8) is 0 Å². The standard InChI is InChI=1S/C21H19N3O5/c1-12-6-8-13(9-7-12)21(26)23-22-11-15-19-14-4-2-3-5-17(14)29-18(19)10-16(20(15)25)24(27)28/h6-11,25H,2-5H2,1H3,(H,23,26)/b22-11-. The third kappa shape index (κ3) is 3.44. The first-order chi connectivity index (χ1) is 14.0. The van der Waals surface area contributed by atoms with E-state index in [1.54, 1.807) is 12.1 Å². The SMILES string of the molecule is Cc1ccc(C(=O)N/N=C\c2c(O)c([N+](=O)[O-])cc3oc4c(c23)CCCC4)cc1. The molecule has 148 valence electrons. The lowest BCUT2D eigenvalue weighted by atomic mass is 9.93. The summed E-state index contributed by atoms with van der Waals surface area (Å²) in [5, 5.41) is 26.4. The minimum absolute atomic E-state index is 0.172. The predicted molar refractivity (Wildman–Crippen MR) is 107 cm³/mol. The van der Waals surface area contributed by atoms with E-state index in [9.17, 15) is 20.0 Å². The smallest absolute Gasteiger partial charge is 0.315 e. The Labute approximate surface area is 166 Å². The van der Waals surface area contributed by atoms with E-state index >= 15 is 0 Å². The highest BCUT2D eigenvalue weighted by molar-refractivity contribution is 6.05. The van der Waals surface area contributed by atoms with Crippen LogP contribution < -0.4 is 5.43 Å². The zero-order chi connectivity index (χ0) is 20.5. The van der Waals surface area contributed by atoms with E-state index < -0.39 is 22.3 Å². The van der Waals surface area contributed by atoms with Crippen LogP contribution in [0.15, 0.2) is 39.9 Å². The van der Waals surface area contributed by atoms with E-state index in [0.29, 0.717) is 16.5 Å². The summed E-state index contributed by atoms with van der Waals surface area (Å²) in [6, 6.07) is 8.22.